The van der Waals surface area contributed by atoms with Crippen LogP contribution in [-0.2, 0) is 6.54 Å². The van der Waals surface area contributed by atoms with Gasteiger partial charge in [0.05, 0.1) is 6.33 Å². The van der Waals surface area contributed by atoms with Crippen molar-refractivity contribution < 1.29 is 0 Å². The van der Waals surface area contributed by atoms with Gasteiger partial charge in [-0.25, -0.2) is 4.98 Å². The number of halogens is 2. The van der Waals surface area contributed by atoms with E-state index < -0.39 is 0 Å². The van der Waals surface area contributed by atoms with Gasteiger partial charge in [-0.1, -0.05) is 34.1 Å². The van der Waals surface area contributed by atoms with Gasteiger partial charge in [-0.3, -0.25) is 4.79 Å². The smallest absolute Gasteiger partial charge is 0.266 e. The summed E-state index contributed by atoms with van der Waals surface area (Å²) in [5.41, 5.74) is 0.987. The second kappa shape index (κ2) is 5.63. The highest BCUT2D eigenvalue weighted by atomic mass is 127. The molecule has 1 aromatic heterocycles. The molecular formula is C11H9BrIN3O. The van der Waals surface area contributed by atoms with Gasteiger partial charge in [0.2, 0.25) is 0 Å². The third-order valence-electron chi connectivity index (χ3n) is 2.20. The van der Waals surface area contributed by atoms with Gasteiger partial charge in [0.25, 0.3) is 5.56 Å². The van der Waals surface area contributed by atoms with E-state index in [2.05, 4.69) is 31.2 Å². The Kier molecular flexibility index (Phi) is 4.16. The first-order chi connectivity index (χ1) is 8.18. The number of nitrogens with zero attached hydrogens (tertiary/aromatic N) is 1. The Morgan fingerprint density at radius 3 is 2.94 bits per heavy atom. The Balaban J connectivity index is 2.16. The molecule has 2 rings (SSSR count). The van der Waals surface area contributed by atoms with Gasteiger partial charge < -0.3 is 10.3 Å². The Hall–Kier alpha value is -0.890. The van der Waals surface area contributed by atoms with E-state index in [0.29, 0.717) is 15.9 Å². The fraction of sp³-hybridized carbons (Fsp3) is 0.0909. The van der Waals surface area contributed by atoms with Crippen molar-refractivity contribution >= 4 is 44.3 Å². The third kappa shape index (κ3) is 3.06. The molecule has 0 atom stereocenters. The van der Waals surface area contributed by atoms with E-state index in [1.807, 2.05) is 46.9 Å². The summed E-state index contributed by atoms with van der Waals surface area (Å²) < 4.78 is 1.60. The van der Waals surface area contributed by atoms with Crippen molar-refractivity contribution in [2.45, 2.75) is 6.54 Å². The maximum atomic E-state index is 11.4. The number of H-pyrrole nitrogens is 1. The SMILES string of the molecule is O=c1[nH]cnc(NCc2ccccc2Br)c1I. The first-order valence-electron chi connectivity index (χ1n) is 4.89. The van der Waals surface area contributed by atoms with E-state index in [0.717, 1.165) is 10.0 Å². The number of hydrogen-bond acceptors (Lipinski definition) is 3. The minimum atomic E-state index is -0.129. The van der Waals surface area contributed by atoms with Gasteiger partial charge in [-0.15, -0.1) is 0 Å². The molecule has 17 heavy (non-hydrogen) atoms. The lowest BCUT2D eigenvalue weighted by molar-refractivity contribution is 1.04. The summed E-state index contributed by atoms with van der Waals surface area (Å²) in [7, 11) is 0. The van der Waals surface area contributed by atoms with Crippen molar-refractivity contribution in [3.63, 3.8) is 0 Å². The molecule has 0 saturated heterocycles. The first-order valence-corrected chi connectivity index (χ1v) is 6.76. The van der Waals surface area contributed by atoms with Crippen molar-refractivity contribution in [3.8, 4) is 0 Å². The van der Waals surface area contributed by atoms with E-state index in [4.69, 9.17) is 0 Å². The summed E-state index contributed by atoms with van der Waals surface area (Å²) in [5.74, 6) is 0.602. The number of aromatic nitrogens is 2. The standard InChI is InChI=1S/C11H9BrIN3O/c12-8-4-2-1-3-7(8)5-14-10-9(13)11(17)16-6-15-10/h1-4,6H,5H2,(H2,14,15,16,17). The summed E-state index contributed by atoms with van der Waals surface area (Å²) >= 11 is 5.45. The third-order valence-corrected chi connectivity index (χ3v) is 3.98. The molecule has 6 heteroatoms. The Bertz CT molecular complexity index is 585. The van der Waals surface area contributed by atoms with Crippen molar-refractivity contribution in [2.75, 3.05) is 5.32 Å². The maximum Gasteiger partial charge on any atom is 0.266 e. The highest BCUT2D eigenvalue weighted by molar-refractivity contribution is 14.1. The topological polar surface area (TPSA) is 57.8 Å². The molecule has 0 radical (unpaired) electrons. The van der Waals surface area contributed by atoms with Crippen LogP contribution in [0.5, 0.6) is 0 Å². The monoisotopic (exact) mass is 405 g/mol. The van der Waals surface area contributed by atoms with Crippen LogP contribution in [0.2, 0.25) is 0 Å². The lowest BCUT2D eigenvalue weighted by atomic mass is 10.2. The van der Waals surface area contributed by atoms with Crippen molar-refractivity contribution in [1.82, 2.24) is 9.97 Å². The van der Waals surface area contributed by atoms with Gasteiger partial charge >= 0.3 is 0 Å². The van der Waals surface area contributed by atoms with Gasteiger partial charge in [0, 0.05) is 11.0 Å². The maximum absolute atomic E-state index is 11.4. The zero-order chi connectivity index (χ0) is 12.3. The average Bonchev–Trinajstić information content (AvgIpc) is 2.33. The molecule has 0 saturated carbocycles. The van der Waals surface area contributed by atoms with E-state index in [1.54, 1.807) is 0 Å². The van der Waals surface area contributed by atoms with Crippen molar-refractivity contribution in [1.29, 1.82) is 0 Å². The molecule has 2 N–H and O–H groups in total. The van der Waals surface area contributed by atoms with E-state index >= 15 is 0 Å². The molecule has 1 heterocycles. The summed E-state index contributed by atoms with van der Waals surface area (Å²) in [6.07, 6.45) is 1.40. The summed E-state index contributed by atoms with van der Waals surface area (Å²) in [4.78, 5) is 18.0. The minimum absolute atomic E-state index is 0.129. The Labute approximate surface area is 120 Å². The normalized spacial score (nSPS) is 10.2. The van der Waals surface area contributed by atoms with E-state index in [1.165, 1.54) is 6.33 Å². The van der Waals surface area contributed by atoms with E-state index in [-0.39, 0.29) is 5.56 Å². The van der Waals surface area contributed by atoms with Crippen LogP contribution in [0.25, 0.3) is 0 Å². The second-order valence-corrected chi connectivity index (χ2v) is 5.27. The van der Waals surface area contributed by atoms with Gasteiger partial charge in [0.1, 0.15) is 9.39 Å². The summed E-state index contributed by atoms with van der Waals surface area (Å²) in [6, 6.07) is 7.92. The highest BCUT2D eigenvalue weighted by Crippen LogP contribution is 2.17. The molecule has 0 bridgehead atoms. The number of aromatic amines is 1. The predicted octanol–water partition coefficient (Wildman–Crippen LogP) is 2.75. The number of anilines is 1. The Morgan fingerprint density at radius 2 is 2.18 bits per heavy atom. The summed E-state index contributed by atoms with van der Waals surface area (Å²) in [6.45, 7) is 0.619. The molecule has 0 aliphatic heterocycles. The van der Waals surface area contributed by atoms with Crippen LogP contribution >= 0.6 is 38.5 Å². The molecule has 0 aliphatic carbocycles. The molecule has 4 nitrogen and oxygen atoms in total. The minimum Gasteiger partial charge on any atom is -0.365 e. The van der Waals surface area contributed by atoms with Crippen molar-refractivity contribution in [3.05, 3.63) is 54.6 Å². The number of benzene rings is 1. The Morgan fingerprint density at radius 1 is 1.41 bits per heavy atom. The van der Waals surface area contributed by atoms with Gasteiger partial charge in [-0.2, -0.15) is 0 Å². The quantitative estimate of drug-likeness (QED) is 0.772. The molecule has 1 aromatic carbocycles. The zero-order valence-electron chi connectivity index (χ0n) is 8.71. The molecule has 0 amide bonds. The summed E-state index contributed by atoms with van der Waals surface area (Å²) in [5, 5.41) is 3.14. The number of hydrogen-bond donors (Lipinski definition) is 2. The first kappa shape index (κ1) is 12.6. The van der Waals surface area contributed by atoms with Crippen molar-refractivity contribution in [2.24, 2.45) is 0 Å². The zero-order valence-corrected chi connectivity index (χ0v) is 12.4. The molecule has 0 aliphatic rings. The van der Waals surface area contributed by atoms with Gasteiger partial charge in [-0.05, 0) is 34.2 Å². The van der Waals surface area contributed by atoms with Crippen LogP contribution in [0.15, 0.2) is 39.9 Å². The molecule has 2 aromatic rings. The number of nitrogens with one attached hydrogen (secondary N) is 2. The molecule has 88 valence electrons. The lowest BCUT2D eigenvalue weighted by Crippen LogP contribution is -2.14. The van der Waals surface area contributed by atoms with E-state index in [9.17, 15) is 4.79 Å². The van der Waals surface area contributed by atoms with Crippen LogP contribution in [0, 0.1) is 3.57 Å². The molecule has 0 spiro atoms. The fourth-order valence-corrected chi connectivity index (χ4v) is 2.24. The van der Waals surface area contributed by atoms with Crippen LogP contribution in [0.3, 0.4) is 0 Å². The largest absolute Gasteiger partial charge is 0.365 e. The molecular weight excluding hydrogens is 397 g/mol. The average molecular weight is 406 g/mol. The predicted molar refractivity (Wildman–Crippen MR) is 79.0 cm³/mol. The second-order valence-electron chi connectivity index (χ2n) is 3.34. The van der Waals surface area contributed by atoms with Crippen LogP contribution in [-0.4, -0.2) is 9.97 Å². The number of rotatable bonds is 3. The lowest BCUT2D eigenvalue weighted by Gasteiger charge is -2.08. The highest BCUT2D eigenvalue weighted by Gasteiger charge is 2.05. The van der Waals surface area contributed by atoms with Crippen LogP contribution < -0.4 is 10.9 Å². The van der Waals surface area contributed by atoms with Crippen LogP contribution in [0.1, 0.15) is 5.56 Å². The molecule has 0 unspecified atom stereocenters. The fourth-order valence-electron chi connectivity index (χ4n) is 1.33. The molecule has 0 fully saturated rings. The van der Waals surface area contributed by atoms with Crippen LogP contribution in [0.4, 0.5) is 5.82 Å². The van der Waals surface area contributed by atoms with Gasteiger partial charge in [0.15, 0.2) is 0 Å².